The second-order valence-electron chi connectivity index (χ2n) is 6.04. The molecule has 134 valence electrons. The minimum atomic E-state index is -3.45. The Kier molecular flexibility index (Phi) is 5.85. The number of rotatable bonds is 6. The number of carbonyl (C=O) groups excluding carboxylic acids is 1. The molecule has 0 aliphatic heterocycles. The third-order valence-corrected chi connectivity index (χ3v) is 5.41. The van der Waals surface area contributed by atoms with Crippen LogP contribution in [0.4, 0.5) is 5.69 Å². The molecule has 25 heavy (non-hydrogen) atoms. The largest absolute Gasteiger partial charge is 0.345 e. The molecule has 0 aromatic heterocycles. The first kappa shape index (κ1) is 19.0. The number of nitrogens with one attached hydrogen (secondary N) is 1. The van der Waals surface area contributed by atoms with Crippen LogP contribution in [0, 0.1) is 0 Å². The number of anilines is 1. The van der Waals surface area contributed by atoms with Gasteiger partial charge >= 0.3 is 0 Å². The van der Waals surface area contributed by atoms with Gasteiger partial charge in [0, 0.05) is 7.05 Å². The standard InChI is InChI=1S/C19H24N2O3S/c1-5-15-10-12-16(13-11-15)14(2)20-19(22)17-8-6-7-9-18(17)21(3)25(4,23)24/h6-14H,5H2,1-4H3,(H,20,22). The van der Waals surface area contributed by atoms with Crippen molar-refractivity contribution in [3.8, 4) is 0 Å². The van der Waals surface area contributed by atoms with Crippen LogP contribution in [0.15, 0.2) is 48.5 Å². The summed E-state index contributed by atoms with van der Waals surface area (Å²) < 4.78 is 24.7. The van der Waals surface area contributed by atoms with E-state index in [4.69, 9.17) is 0 Å². The average Bonchev–Trinajstić information content (AvgIpc) is 2.60. The van der Waals surface area contributed by atoms with E-state index in [-0.39, 0.29) is 11.9 Å². The molecule has 0 fully saturated rings. The molecule has 0 radical (unpaired) electrons. The lowest BCUT2D eigenvalue weighted by atomic mass is 10.0. The summed E-state index contributed by atoms with van der Waals surface area (Å²) in [7, 11) is -2.01. The van der Waals surface area contributed by atoms with Crippen molar-refractivity contribution >= 4 is 21.6 Å². The normalized spacial score (nSPS) is 12.5. The molecule has 0 aliphatic carbocycles. The quantitative estimate of drug-likeness (QED) is 0.861. The predicted octanol–water partition coefficient (Wildman–Crippen LogP) is 3.14. The van der Waals surface area contributed by atoms with Gasteiger partial charge in [-0.3, -0.25) is 9.10 Å². The zero-order valence-electron chi connectivity index (χ0n) is 15.0. The molecule has 2 rings (SSSR count). The van der Waals surface area contributed by atoms with Crippen LogP contribution in [0.3, 0.4) is 0 Å². The maximum Gasteiger partial charge on any atom is 0.253 e. The second kappa shape index (κ2) is 7.70. The number of nitrogens with zero attached hydrogens (tertiary/aromatic N) is 1. The van der Waals surface area contributed by atoms with Gasteiger partial charge < -0.3 is 5.32 Å². The van der Waals surface area contributed by atoms with E-state index in [2.05, 4.69) is 12.2 Å². The third-order valence-electron chi connectivity index (χ3n) is 4.22. The summed E-state index contributed by atoms with van der Waals surface area (Å²) in [6.45, 7) is 4.00. The smallest absolute Gasteiger partial charge is 0.253 e. The summed E-state index contributed by atoms with van der Waals surface area (Å²) >= 11 is 0. The van der Waals surface area contributed by atoms with E-state index in [9.17, 15) is 13.2 Å². The molecule has 1 unspecified atom stereocenters. The van der Waals surface area contributed by atoms with E-state index in [1.807, 2.05) is 31.2 Å². The Hall–Kier alpha value is -2.34. The monoisotopic (exact) mass is 360 g/mol. The lowest BCUT2D eigenvalue weighted by Crippen LogP contribution is -2.31. The number of hydrogen-bond donors (Lipinski definition) is 1. The van der Waals surface area contributed by atoms with Gasteiger partial charge in [0.15, 0.2) is 0 Å². The number of hydrogen-bond acceptors (Lipinski definition) is 3. The lowest BCUT2D eigenvalue weighted by molar-refractivity contribution is 0.0940. The molecule has 6 heteroatoms. The Labute approximate surface area is 149 Å². The molecule has 0 heterocycles. The number of amides is 1. The van der Waals surface area contributed by atoms with Crippen LogP contribution >= 0.6 is 0 Å². The average molecular weight is 360 g/mol. The van der Waals surface area contributed by atoms with Crippen molar-refractivity contribution < 1.29 is 13.2 Å². The Bertz CT molecular complexity index is 845. The molecule has 5 nitrogen and oxygen atoms in total. The molecule has 2 aromatic carbocycles. The van der Waals surface area contributed by atoms with Crippen LogP contribution in [-0.4, -0.2) is 27.6 Å². The molecule has 0 bridgehead atoms. The van der Waals surface area contributed by atoms with Crippen LogP contribution in [0.25, 0.3) is 0 Å². The van der Waals surface area contributed by atoms with E-state index < -0.39 is 10.0 Å². The highest BCUT2D eigenvalue weighted by Gasteiger charge is 2.20. The van der Waals surface area contributed by atoms with Gasteiger partial charge in [0.05, 0.1) is 23.5 Å². The second-order valence-corrected chi connectivity index (χ2v) is 8.05. The summed E-state index contributed by atoms with van der Waals surface area (Å²) in [6.07, 6.45) is 2.08. The maximum atomic E-state index is 12.7. The van der Waals surface area contributed by atoms with Crippen LogP contribution in [-0.2, 0) is 16.4 Å². The number of carbonyl (C=O) groups is 1. The molecule has 1 amide bonds. The highest BCUT2D eigenvalue weighted by Crippen LogP contribution is 2.22. The highest BCUT2D eigenvalue weighted by molar-refractivity contribution is 7.92. The molecule has 2 aromatic rings. The summed E-state index contributed by atoms with van der Waals surface area (Å²) in [5.41, 5.74) is 2.92. The number of para-hydroxylation sites is 1. The van der Waals surface area contributed by atoms with Crippen molar-refractivity contribution in [1.82, 2.24) is 5.32 Å². The van der Waals surface area contributed by atoms with E-state index >= 15 is 0 Å². The fourth-order valence-electron chi connectivity index (χ4n) is 2.52. The van der Waals surface area contributed by atoms with Gasteiger partial charge in [-0.05, 0) is 36.6 Å². The zero-order valence-corrected chi connectivity index (χ0v) is 15.8. The molecule has 0 spiro atoms. The van der Waals surface area contributed by atoms with Gasteiger partial charge in [0.2, 0.25) is 10.0 Å². The predicted molar refractivity (Wildman–Crippen MR) is 101 cm³/mol. The van der Waals surface area contributed by atoms with Gasteiger partial charge in [-0.15, -0.1) is 0 Å². The SMILES string of the molecule is CCc1ccc(C(C)NC(=O)c2ccccc2N(C)S(C)(=O)=O)cc1. The minimum absolute atomic E-state index is 0.185. The van der Waals surface area contributed by atoms with Crippen molar-refractivity contribution in [2.45, 2.75) is 26.3 Å². The fourth-order valence-corrected chi connectivity index (χ4v) is 3.04. The maximum absolute atomic E-state index is 12.7. The summed E-state index contributed by atoms with van der Waals surface area (Å²) in [6, 6.07) is 14.6. The third kappa shape index (κ3) is 4.60. The van der Waals surface area contributed by atoms with E-state index in [0.29, 0.717) is 11.3 Å². The van der Waals surface area contributed by atoms with Crippen LogP contribution in [0.5, 0.6) is 0 Å². The van der Waals surface area contributed by atoms with Gasteiger partial charge in [-0.1, -0.05) is 43.3 Å². The van der Waals surface area contributed by atoms with Crippen molar-refractivity contribution in [2.24, 2.45) is 0 Å². The molecule has 0 aliphatic rings. The first-order valence-electron chi connectivity index (χ1n) is 8.16. The Morgan fingerprint density at radius 2 is 1.72 bits per heavy atom. The van der Waals surface area contributed by atoms with Crippen LogP contribution < -0.4 is 9.62 Å². The van der Waals surface area contributed by atoms with E-state index in [1.165, 1.54) is 12.6 Å². The number of benzene rings is 2. The van der Waals surface area contributed by atoms with Gasteiger partial charge in [-0.25, -0.2) is 8.42 Å². The minimum Gasteiger partial charge on any atom is -0.345 e. The Morgan fingerprint density at radius 3 is 2.28 bits per heavy atom. The van der Waals surface area contributed by atoms with Crippen LogP contribution in [0.2, 0.25) is 0 Å². The zero-order chi connectivity index (χ0) is 18.6. The molecule has 0 saturated heterocycles. The topological polar surface area (TPSA) is 66.5 Å². The summed E-state index contributed by atoms with van der Waals surface area (Å²) in [5.74, 6) is -0.307. The van der Waals surface area contributed by atoms with Crippen molar-refractivity contribution in [3.05, 3.63) is 65.2 Å². The first-order chi connectivity index (χ1) is 11.7. The first-order valence-corrected chi connectivity index (χ1v) is 10.0. The molecular weight excluding hydrogens is 336 g/mol. The van der Waals surface area contributed by atoms with Crippen LogP contribution in [0.1, 0.15) is 41.4 Å². The fraction of sp³-hybridized carbons (Fsp3) is 0.316. The van der Waals surface area contributed by atoms with Gasteiger partial charge in [-0.2, -0.15) is 0 Å². The molecular formula is C19H24N2O3S. The molecule has 1 N–H and O–H groups in total. The van der Waals surface area contributed by atoms with E-state index in [0.717, 1.165) is 22.5 Å². The van der Waals surface area contributed by atoms with E-state index in [1.54, 1.807) is 24.3 Å². The van der Waals surface area contributed by atoms with Gasteiger partial charge in [0.1, 0.15) is 0 Å². The number of aryl methyl sites for hydroxylation is 1. The molecule has 0 saturated carbocycles. The summed E-state index contributed by atoms with van der Waals surface area (Å²) in [4.78, 5) is 12.7. The van der Waals surface area contributed by atoms with Crippen molar-refractivity contribution in [1.29, 1.82) is 0 Å². The number of sulfonamides is 1. The Morgan fingerprint density at radius 1 is 1.12 bits per heavy atom. The van der Waals surface area contributed by atoms with Crippen molar-refractivity contribution in [2.75, 3.05) is 17.6 Å². The lowest BCUT2D eigenvalue weighted by Gasteiger charge is -2.21. The van der Waals surface area contributed by atoms with Gasteiger partial charge in [0.25, 0.3) is 5.91 Å². The van der Waals surface area contributed by atoms with Crippen molar-refractivity contribution in [3.63, 3.8) is 0 Å². The Balaban J connectivity index is 2.23. The highest BCUT2D eigenvalue weighted by atomic mass is 32.2. The molecule has 1 atom stereocenters. The summed E-state index contributed by atoms with van der Waals surface area (Å²) in [5, 5.41) is 2.94.